The number of phenols is 1. The van der Waals surface area contributed by atoms with Gasteiger partial charge in [-0.1, -0.05) is 40.2 Å². The highest BCUT2D eigenvalue weighted by molar-refractivity contribution is 9.10. The van der Waals surface area contributed by atoms with Crippen LogP contribution in [0.3, 0.4) is 0 Å². The van der Waals surface area contributed by atoms with Gasteiger partial charge in [0.1, 0.15) is 5.75 Å². The summed E-state index contributed by atoms with van der Waals surface area (Å²) in [4.78, 5) is 0. The third kappa shape index (κ3) is 4.66. The van der Waals surface area contributed by atoms with Gasteiger partial charge >= 0.3 is 0 Å². The van der Waals surface area contributed by atoms with Gasteiger partial charge in [-0.2, -0.15) is 0 Å². The van der Waals surface area contributed by atoms with E-state index in [0.717, 1.165) is 23.9 Å². The lowest BCUT2D eigenvalue weighted by Crippen LogP contribution is -2.22. The van der Waals surface area contributed by atoms with E-state index in [9.17, 15) is 5.11 Å². The Morgan fingerprint density at radius 2 is 1.70 bits per heavy atom. The van der Waals surface area contributed by atoms with E-state index in [1.807, 2.05) is 25.2 Å². The van der Waals surface area contributed by atoms with Gasteiger partial charge in [0, 0.05) is 4.47 Å². The molecule has 0 radical (unpaired) electrons. The van der Waals surface area contributed by atoms with Gasteiger partial charge in [-0.05, 0) is 67.7 Å². The second-order valence-corrected chi connectivity index (χ2v) is 6.05. The largest absolute Gasteiger partial charge is 0.508 e. The monoisotopic (exact) mass is 333 g/mol. The number of halogens is 1. The SMILES string of the molecule is CNCC(Cc1cccc(O)c1)Cc1cccc(Br)c1. The van der Waals surface area contributed by atoms with Crippen LogP contribution in [0, 0.1) is 5.92 Å². The molecule has 0 heterocycles. The Labute approximate surface area is 129 Å². The molecule has 106 valence electrons. The highest BCUT2D eigenvalue weighted by Gasteiger charge is 2.11. The zero-order valence-electron chi connectivity index (χ0n) is 11.6. The second-order valence-electron chi connectivity index (χ2n) is 5.13. The van der Waals surface area contributed by atoms with Crippen molar-refractivity contribution in [2.75, 3.05) is 13.6 Å². The van der Waals surface area contributed by atoms with Crippen LogP contribution in [0.25, 0.3) is 0 Å². The van der Waals surface area contributed by atoms with Gasteiger partial charge in [0.05, 0.1) is 0 Å². The Morgan fingerprint density at radius 1 is 1.05 bits per heavy atom. The third-order valence-electron chi connectivity index (χ3n) is 3.34. The van der Waals surface area contributed by atoms with Crippen LogP contribution < -0.4 is 5.32 Å². The standard InChI is InChI=1S/C17H20BrNO/c1-19-12-15(8-13-4-2-6-16(18)10-13)9-14-5-3-7-17(20)11-14/h2-7,10-11,15,19-20H,8-9,12H2,1H3. The molecule has 0 fully saturated rings. The van der Waals surface area contributed by atoms with Crippen LogP contribution in [0.2, 0.25) is 0 Å². The van der Waals surface area contributed by atoms with Crippen molar-refractivity contribution in [1.29, 1.82) is 0 Å². The lowest BCUT2D eigenvalue weighted by Gasteiger charge is -2.17. The molecule has 0 amide bonds. The third-order valence-corrected chi connectivity index (χ3v) is 3.83. The molecule has 0 saturated heterocycles. The Bertz CT molecular complexity index is 509. The Morgan fingerprint density at radius 3 is 2.30 bits per heavy atom. The number of phenolic OH excluding ortho intramolecular Hbond substituents is 1. The Kier molecular flexibility index (Phi) is 5.62. The smallest absolute Gasteiger partial charge is 0.115 e. The lowest BCUT2D eigenvalue weighted by atomic mass is 9.92. The molecular formula is C17H20BrNO. The summed E-state index contributed by atoms with van der Waals surface area (Å²) in [6.45, 7) is 0.960. The van der Waals surface area contributed by atoms with E-state index in [4.69, 9.17) is 0 Å². The van der Waals surface area contributed by atoms with Crippen LogP contribution in [0.4, 0.5) is 0 Å². The summed E-state index contributed by atoms with van der Waals surface area (Å²) in [5.41, 5.74) is 2.51. The number of aromatic hydroxyl groups is 1. The van der Waals surface area contributed by atoms with Crippen molar-refractivity contribution in [1.82, 2.24) is 5.32 Å². The molecule has 0 aliphatic rings. The molecule has 20 heavy (non-hydrogen) atoms. The summed E-state index contributed by atoms with van der Waals surface area (Å²) in [5, 5.41) is 12.8. The molecule has 0 bridgehead atoms. The van der Waals surface area contributed by atoms with Crippen LogP contribution in [-0.4, -0.2) is 18.7 Å². The average molecular weight is 334 g/mol. The van der Waals surface area contributed by atoms with Gasteiger partial charge in [-0.3, -0.25) is 0 Å². The molecule has 2 rings (SSSR count). The van der Waals surface area contributed by atoms with Crippen molar-refractivity contribution in [2.45, 2.75) is 12.8 Å². The number of hydrogen-bond acceptors (Lipinski definition) is 2. The molecule has 0 aliphatic carbocycles. The van der Waals surface area contributed by atoms with E-state index in [0.29, 0.717) is 11.7 Å². The van der Waals surface area contributed by atoms with Crippen LogP contribution in [0.15, 0.2) is 53.0 Å². The van der Waals surface area contributed by atoms with Crippen molar-refractivity contribution < 1.29 is 5.11 Å². The fraction of sp³-hybridized carbons (Fsp3) is 0.294. The highest BCUT2D eigenvalue weighted by Crippen LogP contribution is 2.19. The van der Waals surface area contributed by atoms with Crippen molar-refractivity contribution in [3.05, 3.63) is 64.1 Å². The van der Waals surface area contributed by atoms with Crippen LogP contribution in [-0.2, 0) is 12.8 Å². The summed E-state index contributed by atoms with van der Waals surface area (Å²) in [6, 6.07) is 16.0. The van der Waals surface area contributed by atoms with Gasteiger partial charge in [-0.25, -0.2) is 0 Å². The summed E-state index contributed by atoms with van der Waals surface area (Å²) in [5.74, 6) is 0.851. The number of benzene rings is 2. The molecule has 2 N–H and O–H groups in total. The molecule has 1 atom stereocenters. The van der Waals surface area contributed by atoms with E-state index in [1.165, 1.54) is 11.1 Å². The number of nitrogens with one attached hydrogen (secondary N) is 1. The van der Waals surface area contributed by atoms with E-state index >= 15 is 0 Å². The molecule has 1 unspecified atom stereocenters. The minimum absolute atomic E-state index is 0.341. The van der Waals surface area contributed by atoms with E-state index in [1.54, 1.807) is 6.07 Å². The van der Waals surface area contributed by atoms with Gasteiger partial charge in [0.15, 0.2) is 0 Å². The highest BCUT2D eigenvalue weighted by atomic mass is 79.9. The zero-order chi connectivity index (χ0) is 14.4. The van der Waals surface area contributed by atoms with E-state index in [2.05, 4.69) is 45.5 Å². The minimum atomic E-state index is 0.341. The van der Waals surface area contributed by atoms with Gasteiger partial charge in [0.25, 0.3) is 0 Å². The molecule has 2 aromatic carbocycles. The zero-order valence-corrected chi connectivity index (χ0v) is 13.2. The summed E-state index contributed by atoms with van der Waals surface area (Å²) >= 11 is 3.52. The fourth-order valence-electron chi connectivity index (χ4n) is 2.52. The normalized spacial score (nSPS) is 12.3. The van der Waals surface area contributed by atoms with Crippen molar-refractivity contribution in [2.24, 2.45) is 5.92 Å². The van der Waals surface area contributed by atoms with Crippen molar-refractivity contribution in [3.63, 3.8) is 0 Å². The van der Waals surface area contributed by atoms with E-state index < -0.39 is 0 Å². The van der Waals surface area contributed by atoms with Crippen molar-refractivity contribution in [3.8, 4) is 5.75 Å². The van der Waals surface area contributed by atoms with Gasteiger partial charge < -0.3 is 10.4 Å². The summed E-state index contributed by atoms with van der Waals surface area (Å²) < 4.78 is 1.12. The number of hydrogen-bond donors (Lipinski definition) is 2. The molecular weight excluding hydrogens is 314 g/mol. The first-order valence-corrected chi connectivity index (χ1v) is 7.63. The molecule has 2 nitrogen and oxygen atoms in total. The first-order chi connectivity index (χ1) is 9.67. The van der Waals surface area contributed by atoms with Crippen molar-refractivity contribution >= 4 is 15.9 Å². The van der Waals surface area contributed by atoms with E-state index in [-0.39, 0.29) is 0 Å². The van der Waals surface area contributed by atoms with Crippen LogP contribution in [0.5, 0.6) is 5.75 Å². The first-order valence-electron chi connectivity index (χ1n) is 6.84. The summed E-state index contributed by atoms with van der Waals surface area (Å²) in [7, 11) is 1.98. The molecule has 3 heteroatoms. The van der Waals surface area contributed by atoms with Crippen LogP contribution >= 0.6 is 15.9 Å². The molecule has 0 spiro atoms. The molecule has 0 aromatic heterocycles. The van der Waals surface area contributed by atoms with Gasteiger partial charge in [-0.15, -0.1) is 0 Å². The topological polar surface area (TPSA) is 32.3 Å². The number of rotatable bonds is 6. The summed E-state index contributed by atoms with van der Waals surface area (Å²) in [6.07, 6.45) is 1.98. The average Bonchev–Trinajstić information content (AvgIpc) is 2.39. The maximum Gasteiger partial charge on any atom is 0.115 e. The Hall–Kier alpha value is -1.32. The van der Waals surface area contributed by atoms with Gasteiger partial charge in [0.2, 0.25) is 0 Å². The molecule has 0 aliphatic heterocycles. The Balaban J connectivity index is 2.07. The quantitative estimate of drug-likeness (QED) is 0.843. The fourth-order valence-corrected chi connectivity index (χ4v) is 2.97. The minimum Gasteiger partial charge on any atom is -0.508 e. The van der Waals surface area contributed by atoms with Crippen LogP contribution in [0.1, 0.15) is 11.1 Å². The lowest BCUT2D eigenvalue weighted by molar-refractivity contribution is 0.469. The molecule has 0 saturated carbocycles. The maximum absolute atomic E-state index is 9.56. The maximum atomic E-state index is 9.56. The first kappa shape index (κ1) is 15.1. The second kappa shape index (κ2) is 7.46. The predicted molar refractivity (Wildman–Crippen MR) is 87.1 cm³/mol. The predicted octanol–water partition coefficient (Wildman–Crippen LogP) is 3.78. The molecule has 2 aromatic rings.